The second-order valence-electron chi connectivity index (χ2n) is 22.5. The van der Waals surface area contributed by atoms with E-state index in [9.17, 15) is 4.39 Å². The van der Waals surface area contributed by atoms with Crippen LogP contribution in [0.25, 0.3) is 66.2 Å². The van der Waals surface area contributed by atoms with Gasteiger partial charge in [-0.05, 0) is 117 Å². The number of rotatable bonds is 7. The van der Waals surface area contributed by atoms with Crippen LogP contribution in [0.15, 0.2) is 176 Å². The Hall–Kier alpha value is -7.47. The average Bonchev–Trinajstić information content (AvgIpc) is 4.04. The van der Waals surface area contributed by atoms with Gasteiger partial charge in [0.05, 0.1) is 11.0 Å². The van der Waals surface area contributed by atoms with Crippen LogP contribution in [0.2, 0.25) is 0 Å². The number of hydrogen-bond acceptors (Lipinski definition) is 4. The van der Waals surface area contributed by atoms with Crippen LogP contribution in [0.3, 0.4) is 0 Å². The molecule has 0 atom stereocenters. The fraction of sp³-hybridized carbons (Fsp3) is 0.182. The van der Waals surface area contributed by atoms with Crippen molar-refractivity contribution in [1.82, 2.24) is 14.1 Å². The number of para-hydroxylation sites is 3. The molecule has 0 saturated heterocycles. The van der Waals surface area contributed by atoms with Gasteiger partial charge in [-0.1, -0.05) is 135 Å². The smallest absolute Gasteiger partial charge is 0.135 e. The monoisotopic (exact) mass is 1150 g/mol. The number of pyridine rings is 1. The molecule has 0 spiro atoms. The van der Waals surface area contributed by atoms with Gasteiger partial charge < -0.3 is 23.7 Å². The summed E-state index contributed by atoms with van der Waals surface area (Å²) in [6.45, 7) is 22.5. The molecule has 0 N–H and O–H groups in total. The van der Waals surface area contributed by atoms with E-state index in [1.807, 2.05) is 47.2 Å². The van der Waals surface area contributed by atoms with Gasteiger partial charge in [0.25, 0.3) is 0 Å². The van der Waals surface area contributed by atoms with Crippen LogP contribution in [0, 0.1) is 24.6 Å². The average molecular weight is 1150 g/mol. The number of aromatic nitrogens is 3. The Bertz CT molecular complexity index is 3890. The molecule has 0 unspecified atom stereocenters. The van der Waals surface area contributed by atoms with E-state index in [4.69, 9.17) is 9.72 Å². The topological polar surface area (TPSA) is 38.5 Å². The van der Waals surface area contributed by atoms with E-state index in [0.717, 1.165) is 72.8 Å². The van der Waals surface area contributed by atoms with Crippen LogP contribution >= 0.6 is 0 Å². The summed E-state index contributed by atoms with van der Waals surface area (Å²) in [5.74, 6) is 1.46. The number of halogens is 1. The summed E-state index contributed by atoms with van der Waals surface area (Å²) in [5.41, 5.74) is 14.6. The molecule has 8 aromatic carbocycles. The third-order valence-electron chi connectivity index (χ3n) is 14.4. The first-order chi connectivity index (χ1) is 35.0. The standard InChI is InChI=1S/C66H57FN5O.Pt/c1-64(2,3)43-31-32-68-62(37-43)72-59-30-27-46(67)38-56(59)55-29-28-51(40-61(55)72)73-50-20-15-18-47(39-50)69-41-70(49-35-44(65(4,5)6)34-45(36-49)66(7,8)9)63-52(23-16-26-60(63)69)42-17-14-19-48(33-42)71-57-24-12-10-21-53(57)54-22-11-13-25-58(54)71;/h10-38,41H,1-9H3;/q-3;. The molecule has 1 aliphatic rings. The van der Waals surface area contributed by atoms with Crippen molar-refractivity contribution in [3.8, 4) is 34.1 Å². The van der Waals surface area contributed by atoms with Crippen molar-refractivity contribution in [3.63, 3.8) is 0 Å². The molecule has 0 radical (unpaired) electrons. The zero-order valence-corrected chi connectivity index (χ0v) is 45.4. The predicted octanol–water partition coefficient (Wildman–Crippen LogP) is 17.8. The van der Waals surface area contributed by atoms with Crippen molar-refractivity contribution in [2.45, 2.75) is 78.6 Å². The quantitative estimate of drug-likeness (QED) is 0.149. The maximum Gasteiger partial charge on any atom is 0.135 e. The molecular formula is C66H57FN5OPt-3. The molecule has 4 heterocycles. The van der Waals surface area contributed by atoms with Crippen LogP contribution in [-0.2, 0) is 37.3 Å². The molecule has 0 amide bonds. The Morgan fingerprint density at radius 3 is 1.85 bits per heavy atom. The van der Waals surface area contributed by atoms with E-state index < -0.39 is 0 Å². The largest absolute Gasteiger partial charge is 0.509 e. The SMILES string of the molecule is CC(C)(C)c1cc(N2[CH-]N(c3[c-]c(Oc4[c-]c5c(cc4)c4cc(F)ccc4n5-c4cc(C(C)(C)C)ccn4)ccc3)c3cccc(-c4cccc(-n5c6ccccc6c6ccccc65)c4)c32)cc(C(C)(C)C)c1.[Pt]. The number of ether oxygens (including phenoxy) is 1. The Morgan fingerprint density at radius 2 is 1.15 bits per heavy atom. The van der Waals surface area contributed by atoms with Gasteiger partial charge >= 0.3 is 0 Å². The molecule has 74 heavy (non-hydrogen) atoms. The fourth-order valence-electron chi connectivity index (χ4n) is 10.4. The third kappa shape index (κ3) is 8.55. The predicted molar refractivity (Wildman–Crippen MR) is 300 cm³/mol. The molecule has 0 aliphatic carbocycles. The number of anilines is 4. The van der Waals surface area contributed by atoms with Crippen molar-refractivity contribution >= 4 is 66.4 Å². The van der Waals surface area contributed by atoms with E-state index in [2.05, 4.69) is 217 Å². The van der Waals surface area contributed by atoms with E-state index in [-0.39, 0.29) is 43.1 Å². The Kier molecular flexibility index (Phi) is 12.0. The molecule has 0 bridgehead atoms. The van der Waals surface area contributed by atoms with Crippen molar-refractivity contribution in [3.05, 3.63) is 217 Å². The summed E-state index contributed by atoms with van der Waals surface area (Å²) < 4.78 is 26.0. The maximum atomic E-state index is 14.9. The summed E-state index contributed by atoms with van der Waals surface area (Å²) in [7, 11) is 0. The van der Waals surface area contributed by atoms with E-state index in [1.54, 1.807) is 6.07 Å². The zero-order chi connectivity index (χ0) is 50.6. The summed E-state index contributed by atoms with van der Waals surface area (Å²) in [6.07, 6.45) is 1.84. The second kappa shape index (κ2) is 18.2. The summed E-state index contributed by atoms with van der Waals surface area (Å²) in [4.78, 5) is 9.39. The molecule has 12 rings (SSSR count). The molecule has 8 heteroatoms. The van der Waals surface area contributed by atoms with Crippen molar-refractivity contribution in [2.75, 3.05) is 9.80 Å². The van der Waals surface area contributed by atoms with Gasteiger partial charge in [0, 0.05) is 83.4 Å². The van der Waals surface area contributed by atoms with E-state index >= 15 is 0 Å². The molecule has 1 aliphatic heterocycles. The summed E-state index contributed by atoms with van der Waals surface area (Å²) in [5, 5.41) is 4.10. The molecule has 11 aromatic rings. The summed E-state index contributed by atoms with van der Waals surface area (Å²) in [6, 6.07) is 66.0. The number of nitrogens with zero attached hydrogens (tertiary/aromatic N) is 5. The zero-order valence-electron chi connectivity index (χ0n) is 43.2. The van der Waals surface area contributed by atoms with Crippen LogP contribution in [0.4, 0.5) is 27.1 Å². The van der Waals surface area contributed by atoms with Gasteiger partial charge in [0.2, 0.25) is 0 Å². The third-order valence-corrected chi connectivity index (χ3v) is 14.4. The minimum atomic E-state index is -0.301. The van der Waals surface area contributed by atoms with Gasteiger partial charge in [0.15, 0.2) is 0 Å². The van der Waals surface area contributed by atoms with Gasteiger partial charge in [0.1, 0.15) is 11.6 Å². The van der Waals surface area contributed by atoms with Crippen molar-refractivity contribution in [1.29, 1.82) is 0 Å². The van der Waals surface area contributed by atoms with Gasteiger partial charge in [-0.3, -0.25) is 0 Å². The number of benzene rings is 8. The van der Waals surface area contributed by atoms with Crippen LogP contribution in [0.1, 0.15) is 79.0 Å². The second-order valence-corrected chi connectivity index (χ2v) is 22.5. The van der Waals surface area contributed by atoms with Gasteiger partial charge in [-0.2, -0.15) is 12.1 Å². The van der Waals surface area contributed by atoms with Gasteiger partial charge in [-0.15, -0.1) is 48.1 Å². The fourth-order valence-corrected chi connectivity index (χ4v) is 10.4. The summed E-state index contributed by atoms with van der Waals surface area (Å²) >= 11 is 0. The normalized spacial score (nSPS) is 13.1. The number of fused-ring (bicyclic) bond motifs is 7. The Labute approximate surface area is 447 Å². The molecule has 372 valence electrons. The van der Waals surface area contributed by atoms with Crippen LogP contribution < -0.4 is 14.5 Å². The van der Waals surface area contributed by atoms with Gasteiger partial charge in [-0.25, -0.2) is 9.37 Å². The minimum Gasteiger partial charge on any atom is -0.509 e. The van der Waals surface area contributed by atoms with Crippen LogP contribution in [-0.4, -0.2) is 14.1 Å². The first-order valence-electron chi connectivity index (χ1n) is 25.1. The molecule has 0 saturated carbocycles. The minimum absolute atomic E-state index is 0. The van der Waals surface area contributed by atoms with Crippen molar-refractivity contribution in [2.24, 2.45) is 0 Å². The first-order valence-corrected chi connectivity index (χ1v) is 25.1. The molecular weight excluding hydrogens is 1090 g/mol. The first kappa shape index (κ1) is 48.8. The maximum absolute atomic E-state index is 14.9. The molecule has 3 aromatic heterocycles. The molecule has 0 fully saturated rings. The Balaban J connectivity index is 0.00000588. The van der Waals surface area contributed by atoms with E-state index in [0.29, 0.717) is 11.5 Å². The molecule has 6 nitrogen and oxygen atoms in total. The van der Waals surface area contributed by atoms with Crippen molar-refractivity contribution < 1.29 is 30.2 Å². The Morgan fingerprint density at radius 1 is 0.500 bits per heavy atom. The van der Waals surface area contributed by atoms with E-state index in [1.165, 1.54) is 39.0 Å². The van der Waals surface area contributed by atoms with Crippen LogP contribution in [0.5, 0.6) is 11.5 Å². The number of hydrogen-bond donors (Lipinski definition) is 0.